The summed E-state index contributed by atoms with van der Waals surface area (Å²) in [6.07, 6.45) is 4.88. The van der Waals surface area contributed by atoms with Gasteiger partial charge in [-0.2, -0.15) is 5.10 Å². The van der Waals surface area contributed by atoms with Crippen molar-refractivity contribution in [2.24, 2.45) is 5.92 Å². The highest BCUT2D eigenvalue weighted by Crippen LogP contribution is 2.40. The summed E-state index contributed by atoms with van der Waals surface area (Å²) in [5, 5.41) is 10.2. The van der Waals surface area contributed by atoms with E-state index in [9.17, 15) is 4.79 Å². The monoisotopic (exact) mass is 342 g/mol. The van der Waals surface area contributed by atoms with Crippen LogP contribution in [0, 0.1) is 26.7 Å². The fourth-order valence-electron chi connectivity index (χ4n) is 3.04. The second-order valence-corrected chi connectivity index (χ2v) is 6.90. The summed E-state index contributed by atoms with van der Waals surface area (Å²) < 4.78 is 1.93. The summed E-state index contributed by atoms with van der Waals surface area (Å²) in [5.41, 5.74) is 2.86. The summed E-state index contributed by atoms with van der Waals surface area (Å²) in [6.45, 7) is 8.50. The molecule has 1 saturated carbocycles. The lowest BCUT2D eigenvalue weighted by molar-refractivity contribution is 0.252. The average Bonchev–Trinajstić information content (AvgIpc) is 3.32. The van der Waals surface area contributed by atoms with Crippen LogP contribution in [0.15, 0.2) is 12.3 Å². The van der Waals surface area contributed by atoms with Crippen LogP contribution < -0.4 is 10.6 Å². The number of nitrogens with one attached hydrogen (secondary N) is 2. The van der Waals surface area contributed by atoms with Crippen LogP contribution in [0.3, 0.4) is 0 Å². The third-order valence-corrected chi connectivity index (χ3v) is 4.56. The molecule has 3 rings (SSSR count). The zero-order valence-electron chi connectivity index (χ0n) is 15.3. The van der Waals surface area contributed by atoms with Gasteiger partial charge in [-0.3, -0.25) is 5.32 Å². The third-order valence-electron chi connectivity index (χ3n) is 4.56. The van der Waals surface area contributed by atoms with Crippen molar-refractivity contribution >= 4 is 11.8 Å². The Bertz CT molecular complexity index is 745. The number of nitrogens with zero attached hydrogens (tertiary/aromatic N) is 4. The first-order valence-electron chi connectivity index (χ1n) is 8.84. The Balaban J connectivity index is 1.55. The summed E-state index contributed by atoms with van der Waals surface area (Å²) in [7, 11) is 0. The second-order valence-electron chi connectivity index (χ2n) is 6.90. The fraction of sp³-hybridized carbons (Fsp3) is 0.556. The number of amides is 2. The summed E-state index contributed by atoms with van der Waals surface area (Å²) in [6, 6.07) is 2.03. The molecule has 0 aliphatic heterocycles. The van der Waals surface area contributed by atoms with E-state index in [0.29, 0.717) is 24.9 Å². The van der Waals surface area contributed by atoms with Gasteiger partial charge >= 0.3 is 6.03 Å². The maximum Gasteiger partial charge on any atom is 0.320 e. The highest BCUT2D eigenvalue weighted by Gasteiger charge is 2.31. The molecule has 1 fully saturated rings. The van der Waals surface area contributed by atoms with Crippen molar-refractivity contribution in [3.05, 3.63) is 35.0 Å². The van der Waals surface area contributed by atoms with E-state index in [2.05, 4.69) is 32.6 Å². The minimum atomic E-state index is -0.225. The molecule has 7 nitrogen and oxygen atoms in total. The normalized spacial score (nSPS) is 15.0. The lowest BCUT2D eigenvalue weighted by Gasteiger charge is -2.16. The van der Waals surface area contributed by atoms with Crippen molar-refractivity contribution in [3.63, 3.8) is 0 Å². The fourth-order valence-corrected chi connectivity index (χ4v) is 3.04. The van der Waals surface area contributed by atoms with Crippen molar-refractivity contribution in [1.82, 2.24) is 25.1 Å². The number of hydrogen-bond acceptors (Lipinski definition) is 4. The van der Waals surface area contributed by atoms with Gasteiger partial charge in [0.2, 0.25) is 0 Å². The van der Waals surface area contributed by atoms with Crippen LogP contribution in [-0.4, -0.2) is 32.3 Å². The number of anilines is 1. The van der Waals surface area contributed by atoms with E-state index in [1.165, 1.54) is 12.8 Å². The number of urea groups is 1. The lowest BCUT2D eigenvalue weighted by atomic mass is 10.2. The van der Waals surface area contributed by atoms with Crippen LogP contribution in [-0.2, 0) is 6.42 Å². The van der Waals surface area contributed by atoms with E-state index in [-0.39, 0.29) is 6.03 Å². The standard InChI is InChI=1S/C18H26N6O/c1-11-10-20-24(14(4)15-5-6-15)17(11)23-18(25)19-8-7-16-21-12(2)9-13(3)22-16/h9-10,14-15H,5-8H2,1-4H3,(H2,19,23,25)/t14-/m1/s1. The summed E-state index contributed by atoms with van der Waals surface area (Å²) in [4.78, 5) is 21.0. The molecule has 0 saturated heterocycles. The highest BCUT2D eigenvalue weighted by atomic mass is 16.2. The zero-order valence-corrected chi connectivity index (χ0v) is 15.3. The van der Waals surface area contributed by atoms with Gasteiger partial charge in [-0.05, 0) is 52.5 Å². The van der Waals surface area contributed by atoms with Crippen molar-refractivity contribution in [2.75, 3.05) is 11.9 Å². The van der Waals surface area contributed by atoms with E-state index in [0.717, 1.165) is 28.6 Å². The van der Waals surface area contributed by atoms with Crippen LogP contribution in [0.5, 0.6) is 0 Å². The van der Waals surface area contributed by atoms with Gasteiger partial charge in [0.25, 0.3) is 0 Å². The number of hydrogen-bond donors (Lipinski definition) is 2. The van der Waals surface area contributed by atoms with Crippen LogP contribution in [0.2, 0.25) is 0 Å². The first-order valence-corrected chi connectivity index (χ1v) is 8.84. The molecule has 2 amide bonds. The predicted molar refractivity (Wildman–Crippen MR) is 96.6 cm³/mol. The molecule has 7 heteroatoms. The quantitative estimate of drug-likeness (QED) is 0.845. The van der Waals surface area contributed by atoms with E-state index in [1.807, 2.05) is 31.5 Å². The minimum absolute atomic E-state index is 0.225. The zero-order chi connectivity index (χ0) is 18.0. The van der Waals surface area contributed by atoms with Gasteiger partial charge in [0.05, 0.1) is 12.2 Å². The van der Waals surface area contributed by atoms with Gasteiger partial charge < -0.3 is 5.32 Å². The van der Waals surface area contributed by atoms with E-state index in [1.54, 1.807) is 6.20 Å². The largest absolute Gasteiger partial charge is 0.337 e. The molecule has 0 bridgehead atoms. The molecule has 0 unspecified atom stereocenters. The van der Waals surface area contributed by atoms with E-state index < -0.39 is 0 Å². The minimum Gasteiger partial charge on any atom is -0.337 e. The smallest absolute Gasteiger partial charge is 0.320 e. The maximum atomic E-state index is 12.2. The van der Waals surface area contributed by atoms with Gasteiger partial charge in [0, 0.05) is 29.9 Å². The van der Waals surface area contributed by atoms with Gasteiger partial charge in [-0.25, -0.2) is 19.4 Å². The van der Waals surface area contributed by atoms with Gasteiger partial charge in [0.1, 0.15) is 11.6 Å². The molecular weight excluding hydrogens is 316 g/mol. The number of rotatable bonds is 6. The van der Waals surface area contributed by atoms with Crippen molar-refractivity contribution in [2.45, 2.75) is 53.0 Å². The van der Waals surface area contributed by atoms with Crippen LogP contribution >= 0.6 is 0 Å². The summed E-state index contributed by atoms with van der Waals surface area (Å²) in [5.74, 6) is 2.20. The van der Waals surface area contributed by atoms with E-state index >= 15 is 0 Å². The molecule has 1 atom stereocenters. The molecule has 0 spiro atoms. The first-order chi connectivity index (χ1) is 11.9. The lowest BCUT2D eigenvalue weighted by Crippen LogP contribution is -2.32. The number of aryl methyl sites for hydroxylation is 3. The number of carbonyl (C=O) groups excluding carboxylic acids is 1. The molecule has 134 valence electrons. The van der Waals surface area contributed by atoms with Crippen LogP contribution in [0.25, 0.3) is 0 Å². The highest BCUT2D eigenvalue weighted by molar-refractivity contribution is 5.89. The SMILES string of the molecule is Cc1cc(C)nc(CCNC(=O)Nc2c(C)cnn2[C@H](C)C2CC2)n1. The molecule has 1 aliphatic rings. The molecule has 2 heterocycles. The van der Waals surface area contributed by atoms with Gasteiger partial charge in [-0.1, -0.05) is 0 Å². The molecule has 2 aromatic rings. The predicted octanol–water partition coefficient (Wildman–Crippen LogP) is 2.93. The van der Waals surface area contributed by atoms with Gasteiger partial charge in [0.15, 0.2) is 0 Å². The Kier molecular flexibility index (Phi) is 5.01. The molecular formula is C18H26N6O. The van der Waals surface area contributed by atoms with Crippen LogP contribution in [0.1, 0.15) is 48.6 Å². The van der Waals surface area contributed by atoms with E-state index in [4.69, 9.17) is 0 Å². The Labute approximate surface area is 148 Å². The third kappa shape index (κ3) is 4.35. The molecule has 0 aromatic carbocycles. The Hall–Kier alpha value is -2.44. The number of aromatic nitrogens is 4. The maximum absolute atomic E-state index is 12.2. The average molecular weight is 342 g/mol. The molecule has 1 aliphatic carbocycles. The summed E-state index contributed by atoms with van der Waals surface area (Å²) >= 11 is 0. The Morgan fingerprint density at radius 2 is 1.96 bits per heavy atom. The topological polar surface area (TPSA) is 84.7 Å². The Morgan fingerprint density at radius 3 is 2.60 bits per heavy atom. The van der Waals surface area contributed by atoms with Crippen molar-refractivity contribution < 1.29 is 4.79 Å². The Morgan fingerprint density at radius 1 is 1.28 bits per heavy atom. The van der Waals surface area contributed by atoms with Crippen LogP contribution in [0.4, 0.5) is 10.6 Å². The number of carbonyl (C=O) groups is 1. The van der Waals surface area contributed by atoms with Crippen molar-refractivity contribution in [3.8, 4) is 0 Å². The molecule has 2 N–H and O–H groups in total. The molecule has 2 aromatic heterocycles. The second kappa shape index (κ2) is 7.21. The van der Waals surface area contributed by atoms with Crippen molar-refractivity contribution in [1.29, 1.82) is 0 Å². The first kappa shape index (κ1) is 17.4. The molecule has 0 radical (unpaired) electrons. The molecule has 25 heavy (non-hydrogen) atoms. The van der Waals surface area contributed by atoms with Gasteiger partial charge in [-0.15, -0.1) is 0 Å².